The van der Waals surface area contributed by atoms with Crippen molar-refractivity contribution in [2.45, 2.75) is 26.2 Å². The van der Waals surface area contributed by atoms with Gasteiger partial charge in [-0.15, -0.1) is 0 Å². The first-order valence-corrected chi connectivity index (χ1v) is 5.28. The van der Waals surface area contributed by atoms with E-state index in [9.17, 15) is 9.90 Å². The zero-order valence-electron chi connectivity index (χ0n) is 10.5. The predicted molar refractivity (Wildman–Crippen MR) is 64.8 cm³/mol. The fraction of sp³-hybridized carbons (Fsp3) is 0.462. The molecule has 1 N–H and O–H groups in total. The molecule has 1 rings (SSSR count). The first-order chi connectivity index (χ1) is 7.23. The van der Waals surface area contributed by atoms with Gasteiger partial charge in [0.25, 0.3) is 5.91 Å². The van der Waals surface area contributed by atoms with Crippen molar-refractivity contribution >= 4 is 5.91 Å². The molecule has 1 amide bonds. The van der Waals surface area contributed by atoms with Gasteiger partial charge in [-0.3, -0.25) is 4.79 Å². The minimum atomic E-state index is -0.116. The summed E-state index contributed by atoms with van der Waals surface area (Å²) in [6.07, 6.45) is 0. The summed E-state index contributed by atoms with van der Waals surface area (Å²) in [5.74, 6) is 0.0408. The molecule has 0 aliphatic rings. The molecule has 16 heavy (non-hydrogen) atoms. The highest BCUT2D eigenvalue weighted by Crippen LogP contribution is 2.29. The number of nitrogens with zero attached hydrogens (tertiary/aromatic N) is 1. The molecule has 0 saturated carbocycles. The van der Waals surface area contributed by atoms with Crippen molar-refractivity contribution in [2.75, 3.05) is 14.1 Å². The Morgan fingerprint density at radius 1 is 1.25 bits per heavy atom. The van der Waals surface area contributed by atoms with Crippen molar-refractivity contribution in [1.29, 1.82) is 0 Å². The van der Waals surface area contributed by atoms with E-state index in [1.165, 1.54) is 11.0 Å². The van der Waals surface area contributed by atoms with Gasteiger partial charge in [-0.05, 0) is 23.1 Å². The van der Waals surface area contributed by atoms with Gasteiger partial charge in [-0.2, -0.15) is 0 Å². The largest absolute Gasteiger partial charge is 0.508 e. The Morgan fingerprint density at radius 3 is 2.25 bits per heavy atom. The quantitative estimate of drug-likeness (QED) is 0.791. The van der Waals surface area contributed by atoms with E-state index in [0.29, 0.717) is 5.56 Å². The molecule has 0 heterocycles. The maximum Gasteiger partial charge on any atom is 0.253 e. The summed E-state index contributed by atoms with van der Waals surface area (Å²) in [5, 5.41) is 9.46. The Morgan fingerprint density at radius 2 is 1.81 bits per heavy atom. The second-order valence-corrected chi connectivity index (χ2v) is 5.18. The summed E-state index contributed by atoms with van der Waals surface area (Å²) in [5.41, 5.74) is 1.40. The van der Waals surface area contributed by atoms with Crippen LogP contribution in [0.2, 0.25) is 0 Å². The standard InChI is InChI=1S/C13H19NO2/c1-13(2,3)11-7-6-9(15)8-10(11)12(16)14(4)5/h6-8,15H,1-5H3. The second kappa shape index (κ2) is 4.16. The predicted octanol–water partition coefficient (Wildman–Crippen LogP) is 2.39. The van der Waals surface area contributed by atoms with Gasteiger partial charge in [0.2, 0.25) is 0 Å². The molecule has 3 nitrogen and oxygen atoms in total. The van der Waals surface area contributed by atoms with E-state index < -0.39 is 0 Å². The molecule has 88 valence electrons. The number of carbonyl (C=O) groups excluding carboxylic acids is 1. The Bertz CT molecular complexity index is 403. The number of phenols is 1. The third-order valence-electron chi connectivity index (χ3n) is 2.45. The lowest BCUT2D eigenvalue weighted by Crippen LogP contribution is -2.26. The molecule has 0 radical (unpaired) electrons. The van der Waals surface area contributed by atoms with E-state index >= 15 is 0 Å². The number of rotatable bonds is 1. The van der Waals surface area contributed by atoms with Crippen molar-refractivity contribution in [1.82, 2.24) is 4.90 Å². The SMILES string of the molecule is CN(C)C(=O)c1cc(O)ccc1C(C)(C)C. The fourth-order valence-electron chi connectivity index (χ4n) is 1.60. The lowest BCUT2D eigenvalue weighted by atomic mass is 9.83. The summed E-state index contributed by atoms with van der Waals surface area (Å²) in [7, 11) is 3.41. The lowest BCUT2D eigenvalue weighted by molar-refractivity contribution is 0.0824. The molecule has 3 heteroatoms. The molecule has 0 fully saturated rings. The van der Waals surface area contributed by atoms with Crippen LogP contribution < -0.4 is 0 Å². The van der Waals surface area contributed by atoms with Gasteiger partial charge in [0, 0.05) is 19.7 Å². The van der Waals surface area contributed by atoms with Crippen LogP contribution in [0.5, 0.6) is 5.75 Å². The van der Waals surface area contributed by atoms with Gasteiger partial charge in [-0.25, -0.2) is 0 Å². The first kappa shape index (κ1) is 12.6. The van der Waals surface area contributed by atoms with Crippen molar-refractivity contribution in [2.24, 2.45) is 0 Å². The second-order valence-electron chi connectivity index (χ2n) is 5.18. The number of hydrogen-bond donors (Lipinski definition) is 1. The number of carbonyl (C=O) groups is 1. The van der Waals surface area contributed by atoms with E-state index in [4.69, 9.17) is 0 Å². The van der Waals surface area contributed by atoms with Crippen LogP contribution in [0.4, 0.5) is 0 Å². The highest BCUT2D eigenvalue weighted by molar-refractivity contribution is 5.96. The molecule has 0 spiro atoms. The molecule has 0 saturated heterocycles. The molecule has 0 unspecified atom stereocenters. The van der Waals surface area contributed by atoms with Crippen molar-refractivity contribution in [3.63, 3.8) is 0 Å². The van der Waals surface area contributed by atoms with Crippen LogP contribution in [-0.2, 0) is 5.41 Å². The van der Waals surface area contributed by atoms with E-state index in [1.807, 2.05) is 26.8 Å². The van der Waals surface area contributed by atoms with Crippen molar-refractivity contribution < 1.29 is 9.90 Å². The maximum absolute atomic E-state index is 12.0. The third kappa shape index (κ3) is 2.54. The van der Waals surface area contributed by atoms with Crippen LogP contribution in [0.3, 0.4) is 0 Å². The molecule has 0 aromatic heterocycles. The van der Waals surface area contributed by atoms with Gasteiger partial charge in [0.15, 0.2) is 0 Å². The molecule has 1 aromatic carbocycles. The number of aromatic hydroxyl groups is 1. The number of amides is 1. The number of hydrogen-bond acceptors (Lipinski definition) is 2. The van der Waals surface area contributed by atoms with Gasteiger partial charge in [0.1, 0.15) is 5.75 Å². The summed E-state index contributed by atoms with van der Waals surface area (Å²) in [4.78, 5) is 13.5. The monoisotopic (exact) mass is 221 g/mol. The smallest absolute Gasteiger partial charge is 0.253 e. The van der Waals surface area contributed by atoms with Crippen molar-refractivity contribution in [3.05, 3.63) is 29.3 Å². The van der Waals surface area contributed by atoms with Gasteiger partial charge < -0.3 is 10.0 Å². The highest BCUT2D eigenvalue weighted by Gasteiger charge is 2.22. The van der Waals surface area contributed by atoms with Crippen LogP contribution in [0, 0.1) is 0 Å². The third-order valence-corrected chi connectivity index (χ3v) is 2.45. The Hall–Kier alpha value is -1.51. The Kier molecular flexibility index (Phi) is 3.27. The van der Waals surface area contributed by atoms with Gasteiger partial charge >= 0.3 is 0 Å². The Labute approximate surface area is 96.7 Å². The molecule has 0 bridgehead atoms. The summed E-state index contributed by atoms with van der Waals surface area (Å²) in [6, 6.07) is 4.96. The topological polar surface area (TPSA) is 40.5 Å². The lowest BCUT2D eigenvalue weighted by Gasteiger charge is -2.24. The van der Waals surface area contributed by atoms with E-state index in [-0.39, 0.29) is 17.1 Å². The molecular formula is C13H19NO2. The summed E-state index contributed by atoms with van der Waals surface area (Å²) < 4.78 is 0. The molecule has 0 aliphatic heterocycles. The molecule has 1 aromatic rings. The highest BCUT2D eigenvalue weighted by atomic mass is 16.3. The van der Waals surface area contributed by atoms with E-state index in [1.54, 1.807) is 20.2 Å². The number of benzene rings is 1. The minimum Gasteiger partial charge on any atom is -0.508 e. The molecule has 0 aliphatic carbocycles. The van der Waals surface area contributed by atoms with Crippen LogP contribution in [0.25, 0.3) is 0 Å². The summed E-state index contributed by atoms with van der Waals surface area (Å²) >= 11 is 0. The normalized spacial score (nSPS) is 11.3. The molecule has 0 atom stereocenters. The van der Waals surface area contributed by atoms with E-state index in [2.05, 4.69) is 0 Å². The van der Waals surface area contributed by atoms with E-state index in [0.717, 1.165) is 5.56 Å². The maximum atomic E-state index is 12.0. The zero-order chi connectivity index (χ0) is 12.5. The Balaban J connectivity index is 3.35. The average molecular weight is 221 g/mol. The van der Waals surface area contributed by atoms with Gasteiger partial charge in [0.05, 0.1) is 0 Å². The van der Waals surface area contributed by atoms with Crippen LogP contribution in [0.15, 0.2) is 18.2 Å². The summed E-state index contributed by atoms with van der Waals surface area (Å²) in [6.45, 7) is 6.14. The van der Waals surface area contributed by atoms with Crippen LogP contribution >= 0.6 is 0 Å². The van der Waals surface area contributed by atoms with Crippen molar-refractivity contribution in [3.8, 4) is 5.75 Å². The minimum absolute atomic E-state index is 0.0826. The average Bonchev–Trinajstić information content (AvgIpc) is 2.14. The number of phenolic OH excluding ortho intramolecular Hbond substituents is 1. The first-order valence-electron chi connectivity index (χ1n) is 5.28. The fourth-order valence-corrected chi connectivity index (χ4v) is 1.60. The zero-order valence-corrected chi connectivity index (χ0v) is 10.5. The molecular weight excluding hydrogens is 202 g/mol. The van der Waals surface area contributed by atoms with Crippen LogP contribution in [-0.4, -0.2) is 30.0 Å². The van der Waals surface area contributed by atoms with Crippen LogP contribution in [0.1, 0.15) is 36.7 Å². The van der Waals surface area contributed by atoms with Gasteiger partial charge in [-0.1, -0.05) is 26.8 Å².